The lowest BCUT2D eigenvalue weighted by Crippen LogP contribution is -2.41. The van der Waals surface area contributed by atoms with Gasteiger partial charge in [-0.25, -0.2) is 4.79 Å². The minimum Gasteiger partial charge on any atom is -0.482 e. The highest BCUT2D eigenvalue weighted by atomic mass is 35.5. The smallest absolute Gasteiger partial charge is 0.341 e. The summed E-state index contributed by atoms with van der Waals surface area (Å²) in [4.78, 5) is 25.1. The quantitative estimate of drug-likeness (QED) is 0.800. The Bertz CT molecular complexity index is 787. The molecule has 1 N–H and O–H groups in total. The second-order valence-electron chi connectivity index (χ2n) is 6.62. The summed E-state index contributed by atoms with van der Waals surface area (Å²) in [5.41, 5.74) is 1.08. The number of carbonyl (C=O) groups excluding carboxylic acids is 1. The van der Waals surface area contributed by atoms with Crippen LogP contribution >= 0.6 is 11.6 Å². The molecule has 0 radical (unpaired) electrons. The topological polar surface area (TPSA) is 66.8 Å². The van der Waals surface area contributed by atoms with Gasteiger partial charge in [0.2, 0.25) is 5.91 Å². The highest BCUT2D eigenvalue weighted by Crippen LogP contribution is 2.28. The number of carboxylic acids is 1. The van der Waals surface area contributed by atoms with Crippen LogP contribution in [0, 0.1) is 0 Å². The van der Waals surface area contributed by atoms with Crippen LogP contribution in [0.1, 0.15) is 25.0 Å². The summed E-state index contributed by atoms with van der Waals surface area (Å²) in [6.45, 7) is 3.80. The average Bonchev–Trinajstić information content (AvgIpc) is 2.60. The van der Waals surface area contributed by atoms with Crippen molar-refractivity contribution in [3.05, 3.63) is 64.7 Å². The Morgan fingerprint density at radius 3 is 2.38 bits per heavy atom. The van der Waals surface area contributed by atoms with Crippen molar-refractivity contribution in [2.75, 3.05) is 13.7 Å². The number of benzene rings is 2. The van der Waals surface area contributed by atoms with Crippen LogP contribution in [-0.4, -0.2) is 35.5 Å². The Morgan fingerprint density at radius 1 is 1.15 bits per heavy atom. The molecule has 0 aliphatic rings. The number of halogens is 1. The van der Waals surface area contributed by atoms with Gasteiger partial charge in [0.1, 0.15) is 5.75 Å². The maximum Gasteiger partial charge on any atom is 0.341 e. The highest BCUT2D eigenvalue weighted by molar-refractivity contribution is 6.30. The number of aliphatic carboxylic acids is 1. The molecule has 0 bridgehead atoms. The van der Waals surface area contributed by atoms with Crippen molar-refractivity contribution in [1.82, 2.24) is 4.90 Å². The van der Waals surface area contributed by atoms with Crippen LogP contribution in [0.4, 0.5) is 0 Å². The van der Waals surface area contributed by atoms with Crippen molar-refractivity contribution >= 4 is 23.5 Å². The first-order valence-corrected chi connectivity index (χ1v) is 8.53. The van der Waals surface area contributed by atoms with E-state index in [9.17, 15) is 9.59 Å². The maximum atomic E-state index is 12.9. The van der Waals surface area contributed by atoms with Gasteiger partial charge in [0, 0.05) is 18.6 Å². The largest absolute Gasteiger partial charge is 0.482 e. The van der Waals surface area contributed by atoms with Crippen molar-refractivity contribution in [3.63, 3.8) is 0 Å². The average molecular weight is 376 g/mol. The van der Waals surface area contributed by atoms with Gasteiger partial charge in [0.05, 0.1) is 5.41 Å². The number of ether oxygens (including phenoxy) is 1. The number of carbonyl (C=O) groups is 2. The molecule has 0 heterocycles. The van der Waals surface area contributed by atoms with Crippen LogP contribution in [0.25, 0.3) is 0 Å². The van der Waals surface area contributed by atoms with Crippen molar-refractivity contribution in [2.24, 2.45) is 0 Å². The summed E-state index contributed by atoms with van der Waals surface area (Å²) < 4.78 is 5.11. The van der Waals surface area contributed by atoms with E-state index in [1.165, 1.54) is 0 Å². The maximum absolute atomic E-state index is 12.9. The van der Waals surface area contributed by atoms with Crippen LogP contribution in [0.2, 0.25) is 5.02 Å². The van der Waals surface area contributed by atoms with Crippen LogP contribution < -0.4 is 4.74 Å². The third kappa shape index (κ3) is 4.99. The fourth-order valence-corrected chi connectivity index (χ4v) is 2.85. The fourth-order valence-electron chi connectivity index (χ4n) is 2.66. The van der Waals surface area contributed by atoms with Gasteiger partial charge in [0.25, 0.3) is 0 Å². The Labute approximate surface area is 158 Å². The van der Waals surface area contributed by atoms with E-state index in [4.69, 9.17) is 21.4 Å². The number of likely N-dealkylation sites (N-methyl/N-ethyl adjacent to an activating group) is 1. The van der Waals surface area contributed by atoms with Crippen molar-refractivity contribution < 1.29 is 19.4 Å². The molecular weight excluding hydrogens is 354 g/mol. The molecule has 138 valence electrons. The van der Waals surface area contributed by atoms with Gasteiger partial charge in [0.15, 0.2) is 6.61 Å². The molecule has 0 aliphatic carbocycles. The van der Waals surface area contributed by atoms with E-state index in [1.807, 2.05) is 44.2 Å². The molecule has 0 saturated carbocycles. The SMILES string of the molecule is CN(Cc1ccc(OCC(=O)O)cc1)C(=O)C(C)(C)c1cccc(Cl)c1. The molecule has 0 aromatic heterocycles. The van der Waals surface area contributed by atoms with Gasteiger partial charge in [-0.05, 0) is 49.2 Å². The van der Waals surface area contributed by atoms with Gasteiger partial charge in [-0.1, -0.05) is 35.9 Å². The molecule has 0 aliphatic heterocycles. The molecule has 0 saturated heterocycles. The molecular formula is C20H22ClNO4. The standard InChI is InChI=1S/C20H22ClNO4/c1-20(2,15-5-4-6-16(21)11-15)19(25)22(3)12-14-7-9-17(10-8-14)26-13-18(23)24/h4-11H,12-13H2,1-3H3,(H,23,24). The lowest BCUT2D eigenvalue weighted by Gasteiger charge is -2.30. The van der Waals surface area contributed by atoms with Crippen LogP contribution in [0.3, 0.4) is 0 Å². The number of hydrogen-bond acceptors (Lipinski definition) is 3. The molecule has 2 rings (SSSR count). The van der Waals surface area contributed by atoms with Gasteiger partial charge in [-0.2, -0.15) is 0 Å². The van der Waals surface area contributed by atoms with E-state index in [1.54, 1.807) is 30.1 Å². The van der Waals surface area contributed by atoms with Crippen LogP contribution in [-0.2, 0) is 21.5 Å². The van der Waals surface area contributed by atoms with E-state index in [0.29, 0.717) is 17.3 Å². The van der Waals surface area contributed by atoms with Crippen molar-refractivity contribution in [2.45, 2.75) is 25.8 Å². The minimum absolute atomic E-state index is 0.0222. The number of amides is 1. The molecule has 0 fully saturated rings. The fraction of sp³-hybridized carbons (Fsp3) is 0.300. The zero-order valence-electron chi connectivity index (χ0n) is 15.0. The third-order valence-corrected chi connectivity index (χ3v) is 4.37. The summed E-state index contributed by atoms with van der Waals surface area (Å²) in [6, 6.07) is 14.3. The van der Waals surface area contributed by atoms with Gasteiger partial charge in [-0.3, -0.25) is 4.79 Å². The van der Waals surface area contributed by atoms with Gasteiger partial charge < -0.3 is 14.7 Å². The zero-order chi connectivity index (χ0) is 19.3. The summed E-state index contributed by atoms with van der Waals surface area (Å²) in [6.07, 6.45) is 0. The summed E-state index contributed by atoms with van der Waals surface area (Å²) >= 11 is 6.05. The van der Waals surface area contributed by atoms with E-state index in [0.717, 1.165) is 11.1 Å². The molecule has 6 heteroatoms. The molecule has 0 unspecified atom stereocenters. The second-order valence-corrected chi connectivity index (χ2v) is 7.06. The van der Waals surface area contributed by atoms with Crippen LogP contribution in [0.15, 0.2) is 48.5 Å². The molecule has 5 nitrogen and oxygen atoms in total. The van der Waals surface area contributed by atoms with Crippen molar-refractivity contribution in [1.29, 1.82) is 0 Å². The van der Waals surface area contributed by atoms with E-state index in [-0.39, 0.29) is 12.5 Å². The number of rotatable bonds is 7. The molecule has 0 spiro atoms. The van der Waals surface area contributed by atoms with Crippen LogP contribution in [0.5, 0.6) is 5.75 Å². The summed E-state index contributed by atoms with van der Waals surface area (Å²) in [7, 11) is 1.75. The van der Waals surface area contributed by atoms with E-state index >= 15 is 0 Å². The Morgan fingerprint density at radius 2 is 1.81 bits per heavy atom. The number of hydrogen-bond donors (Lipinski definition) is 1. The molecule has 2 aromatic rings. The Kier molecular flexibility index (Phi) is 6.27. The predicted octanol–water partition coefficient (Wildman–Crippen LogP) is 3.74. The molecule has 0 atom stereocenters. The van der Waals surface area contributed by atoms with E-state index < -0.39 is 11.4 Å². The first-order chi connectivity index (χ1) is 12.2. The minimum atomic E-state index is -1.03. The first kappa shape index (κ1) is 19.8. The molecule has 2 aromatic carbocycles. The Balaban J connectivity index is 2.05. The Hall–Kier alpha value is -2.53. The monoisotopic (exact) mass is 375 g/mol. The highest BCUT2D eigenvalue weighted by Gasteiger charge is 2.32. The first-order valence-electron chi connectivity index (χ1n) is 8.15. The number of carboxylic acid groups (broad SMARTS) is 1. The summed E-state index contributed by atoms with van der Waals surface area (Å²) in [5.74, 6) is -0.571. The van der Waals surface area contributed by atoms with Gasteiger partial charge >= 0.3 is 5.97 Å². The zero-order valence-corrected chi connectivity index (χ0v) is 15.8. The lowest BCUT2D eigenvalue weighted by atomic mass is 9.83. The second kappa shape index (κ2) is 8.23. The lowest BCUT2D eigenvalue weighted by molar-refractivity contribution is -0.139. The van der Waals surface area contributed by atoms with Crippen molar-refractivity contribution in [3.8, 4) is 5.75 Å². The normalized spacial score (nSPS) is 11.1. The molecule has 26 heavy (non-hydrogen) atoms. The predicted molar refractivity (Wildman–Crippen MR) is 101 cm³/mol. The number of nitrogens with zero attached hydrogens (tertiary/aromatic N) is 1. The summed E-state index contributed by atoms with van der Waals surface area (Å²) in [5, 5.41) is 9.22. The van der Waals surface area contributed by atoms with E-state index in [2.05, 4.69) is 0 Å². The van der Waals surface area contributed by atoms with Gasteiger partial charge in [-0.15, -0.1) is 0 Å². The third-order valence-electron chi connectivity index (χ3n) is 4.13. The molecule has 1 amide bonds.